The largest absolute Gasteiger partial charge is 0.385 e. The van der Waals surface area contributed by atoms with Crippen molar-refractivity contribution in [2.45, 2.75) is 25.6 Å². The van der Waals surface area contributed by atoms with Crippen molar-refractivity contribution in [3.8, 4) is 5.82 Å². The average Bonchev–Trinajstić information content (AvgIpc) is 3.44. The number of amides is 2. The number of imidazole rings is 1. The zero-order valence-electron chi connectivity index (χ0n) is 21.0. The lowest BCUT2D eigenvalue weighted by Gasteiger charge is -2.14. The molecule has 12 nitrogen and oxygen atoms in total. The Morgan fingerprint density at radius 1 is 1.18 bits per heavy atom. The summed E-state index contributed by atoms with van der Waals surface area (Å²) in [7, 11) is 3.39. The van der Waals surface area contributed by atoms with E-state index in [-0.39, 0.29) is 29.5 Å². The van der Waals surface area contributed by atoms with Crippen LogP contribution in [-0.2, 0) is 0 Å². The van der Waals surface area contributed by atoms with E-state index in [9.17, 15) is 18.8 Å². The zero-order valence-corrected chi connectivity index (χ0v) is 21.0. The Morgan fingerprint density at radius 2 is 1.97 bits per heavy atom. The molecule has 1 aliphatic rings. The fraction of sp³-hybridized carbons (Fsp3) is 0.280. The van der Waals surface area contributed by atoms with Crippen molar-refractivity contribution in [2.75, 3.05) is 31.3 Å². The van der Waals surface area contributed by atoms with Gasteiger partial charge in [-0.05, 0) is 31.2 Å². The normalized spacial score (nSPS) is 16.2. The number of nitrogens with one attached hydrogen (secondary N) is 3. The third kappa shape index (κ3) is 4.65. The highest BCUT2D eigenvalue weighted by atomic mass is 19.1. The Labute approximate surface area is 216 Å². The molecule has 1 aliphatic carbocycles. The monoisotopic (exact) mass is 519 g/mol. The number of carbonyl (C=O) groups excluding carboxylic acids is 2. The lowest BCUT2D eigenvalue weighted by Crippen LogP contribution is -2.28. The second-order valence-electron chi connectivity index (χ2n) is 8.85. The minimum absolute atomic E-state index is 0.136. The fourth-order valence-corrected chi connectivity index (χ4v) is 3.85. The number of pyridine rings is 2. The molecule has 4 aromatic rings. The van der Waals surface area contributed by atoms with Crippen LogP contribution >= 0.6 is 0 Å². The number of hydrogen-bond acceptors (Lipinski definition) is 8. The molecule has 0 aliphatic heterocycles. The molecule has 0 aromatic carbocycles. The Morgan fingerprint density at radius 3 is 2.63 bits per heavy atom. The van der Waals surface area contributed by atoms with Gasteiger partial charge >= 0.3 is 0 Å². The average molecular weight is 520 g/mol. The number of carbonyl (C=O) groups is 2. The van der Waals surface area contributed by atoms with E-state index >= 15 is 0 Å². The van der Waals surface area contributed by atoms with Gasteiger partial charge in [0.1, 0.15) is 17.7 Å². The van der Waals surface area contributed by atoms with E-state index < -0.39 is 23.7 Å². The summed E-state index contributed by atoms with van der Waals surface area (Å²) in [5.74, 6) is -0.0385. The Kier molecular flexibility index (Phi) is 6.49. The zero-order chi connectivity index (χ0) is 27.0. The van der Waals surface area contributed by atoms with Crippen LogP contribution < -0.4 is 21.5 Å². The molecule has 2 unspecified atom stereocenters. The molecule has 1 fully saturated rings. The third-order valence-corrected chi connectivity index (χ3v) is 6.27. The van der Waals surface area contributed by atoms with Crippen molar-refractivity contribution >= 4 is 34.7 Å². The fourth-order valence-electron chi connectivity index (χ4n) is 3.85. The van der Waals surface area contributed by atoms with E-state index in [1.54, 1.807) is 55.5 Å². The van der Waals surface area contributed by atoms with Gasteiger partial charge < -0.3 is 20.9 Å². The number of nitrogens with zero attached hydrogens (tertiary/aromatic N) is 6. The summed E-state index contributed by atoms with van der Waals surface area (Å²) in [5.41, 5.74) is 1.32. The summed E-state index contributed by atoms with van der Waals surface area (Å²) in [6, 6.07) is 7.64. The minimum atomic E-state index is -1.04. The van der Waals surface area contributed by atoms with Gasteiger partial charge in [-0.3, -0.25) is 19.0 Å². The standard InChI is InChI=1S/C25H26FN9O3/c1-4-33(3)24(37)14-7-8-21(28-12-14)34-9-5-6-16(25(34)38)30-20-11-18(27-2)22-29-13-19(35(22)32-20)23(36)31-17-10-15(17)26/h5-9,11-13,15,17,27H,4,10H2,1-3H3,(H,30,32)(H,31,36). The number of halogens is 1. The molecule has 5 rings (SSSR count). The number of fused-ring (bicyclic) bond motifs is 1. The molecule has 0 bridgehead atoms. The van der Waals surface area contributed by atoms with Gasteiger partial charge in [-0.15, -0.1) is 5.10 Å². The van der Waals surface area contributed by atoms with Crippen molar-refractivity contribution in [3.63, 3.8) is 0 Å². The number of anilines is 3. The van der Waals surface area contributed by atoms with Crippen LogP contribution in [0.1, 0.15) is 34.2 Å². The quantitative estimate of drug-likeness (QED) is 0.321. The van der Waals surface area contributed by atoms with Crippen molar-refractivity contribution in [2.24, 2.45) is 0 Å². The third-order valence-electron chi connectivity index (χ3n) is 6.27. The molecule has 0 spiro atoms. The first-order chi connectivity index (χ1) is 18.3. The summed E-state index contributed by atoms with van der Waals surface area (Å²) in [6.45, 7) is 2.44. The maximum atomic E-state index is 13.3. The second-order valence-corrected chi connectivity index (χ2v) is 8.85. The summed E-state index contributed by atoms with van der Waals surface area (Å²) >= 11 is 0. The van der Waals surface area contributed by atoms with Crippen LogP contribution in [0, 0.1) is 0 Å². The molecule has 0 radical (unpaired) electrons. The van der Waals surface area contributed by atoms with E-state index in [1.807, 2.05) is 6.92 Å². The van der Waals surface area contributed by atoms with Crippen molar-refractivity contribution < 1.29 is 14.0 Å². The van der Waals surface area contributed by atoms with Gasteiger partial charge in [0.25, 0.3) is 17.4 Å². The van der Waals surface area contributed by atoms with Gasteiger partial charge in [-0.2, -0.15) is 0 Å². The SMILES string of the molecule is CCN(C)C(=O)c1ccc(-n2cccc(Nc3cc(NC)c4ncc(C(=O)NC5CC5F)n4n3)c2=O)nc1. The summed E-state index contributed by atoms with van der Waals surface area (Å²) in [6.07, 6.45) is 3.61. The molecular formula is C25H26FN9O3. The summed E-state index contributed by atoms with van der Waals surface area (Å²) < 4.78 is 16.0. The molecule has 2 atom stereocenters. The highest BCUT2D eigenvalue weighted by molar-refractivity contribution is 5.94. The molecule has 0 saturated heterocycles. The van der Waals surface area contributed by atoms with Crippen LogP contribution in [0.25, 0.3) is 11.5 Å². The van der Waals surface area contributed by atoms with Gasteiger partial charge in [0.15, 0.2) is 17.2 Å². The molecule has 196 valence electrons. The topological polar surface area (TPSA) is 139 Å². The predicted octanol–water partition coefficient (Wildman–Crippen LogP) is 1.99. The number of aromatic nitrogens is 5. The summed E-state index contributed by atoms with van der Waals surface area (Å²) in [4.78, 5) is 48.4. The first-order valence-corrected chi connectivity index (χ1v) is 12.0. The van der Waals surface area contributed by atoms with E-state index in [1.165, 1.54) is 21.5 Å². The Balaban J connectivity index is 1.44. The van der Waals surface area contributed by atoms with Gasteiger partial charge in [-0.25, -0.2) is 18.9 Å². The van der Waals surface area contributed by atoms with Crippen LogP contribution in [0.3, 0.4) is 0 Å². The molecule has 4 aromatic heterocycles. The van der Waals surface area contributed by atoms with Crippen LogP contribution in [0.5, 0.6) is 0 Å². The highest BCUT2D eigenvalue weighted by Gasteiger charge is 2.39. The molecule has 1 saturated carbocycles. The van der Waals surface area contributed by atoms with Crippen molar-refractivity contribution in [1.82, 2.24) is 34.4 Å². The smallest absolute Gasteiger partial charge is 0.279 e. The van der Waals surface area contributed by atoms with Gasteiger partial charge in [-0.1, -0.05) is 0 Å². The maximum absolute atomic E-state index is 13.3. The van der Waals surface area contributed by atoms with Gasteiger partial charge in [0, 0.05) is 45.5 Å². The lowest BCUT2D eigenvalue weighted by molar-refractivity contribution is 0.0801. The van der Waals surface area contributed by atoms with Crippen LogP contribution in [0.15, 0.2) is 53.7 Å². The number of hydrogen-bond donors (Lipinski definition) is 3. The first-order valence-electron chi connectivity index (χ1n) is 12.0. The van der Waals surface area contributed by atoms with E-state index in [0.717, 1.165) is 0 Å². The van der Waals surface area contributed by atoms with E-state index in [0.29, 0.717) is 29.3 Å². The molecular weight excluding hydrogens is 493 g/mol. The summed E-state index contributed by atoms with van der Waals surface area (Å²) in [5, 5.41) is 13.1. The van der Waals surface area contributed by atoms with E-state index in [2.05, 4.69) is 31.0 Å². The van der Waals surface area contributed by atoms with Crippen LogP contribution in [0.4, 0.5) is 21.6 Å². The van der Waals surface area contributed by atoms with Crippen LogP contribution in [-0.4, -0.2) is 73.7 Å². The lowest BCUT2D eigenvalue weighted by atomic mass is 10.2. The van der Waals surface area contributed by atoms with Gasteiger partial charge in [0.05, 0.1) is 23.5 Å². The molecule has 4 heterocycles. The van der Waals surface area contributed by atoms with Crippen molar-refractivity contribution in [3.05, 3.63) is 70.5 Å². The van der Waals surface area contributed by atoms with Gasteiger partial charge in [0.2, 0.25) is 0 Å². The first kappa shape index (κ1) is 24.9. The minimum Gasteiger partial charge on any atom is -0.385 e. The Bertz CT molecular complexity index is 1580. The van der Waals surface area contributed by atoms with Crippen LogP contribution in [0.2, 0.25) is 0 Å². The number of rotatable bonds is 8. The second kappa shape index (κ2) is 9.92. The maximum Gasteiger partial charge on any atom is 0.279 e. The van der Waals surface area contributed by atoms with Crippen molar-refractivity contribution in [1.29, 1.82) is 0 Å². The molecule has 2 amide bonds. The molecule has 13 heteroatoms. The molecule has 3 N–H and O–H groups in total. The van der Waals surface area contributed by atoms with E-state index in [4.69, 9.17) is 0 Å². The highest BCUT2D eigenvalue weighted by Crippen LogP contribution is 2.26. The Hall–Kier alpha value is -4.81. The predicted molar refractivity (Wildman–Crippen MR) is 139 cm³/mol. The number of alkyl halides is 1. The molecule has 38 heavy (non-hydrogen) atoms.